The zero-order chi connectivity index (χ0) is 13.1. The molecule has 0 spiro atoms. The monoisotopic (exact) mass is 240 g/mol. The Morgan fingerprint density at radius 3 is 2.35 bits per heavy atom. The van der Waals surface area contributed by atoms with Gasteiger partial charge >= 0.3 is 0 Å². The predicted octanol–water partition coefficient (Wildman–Crippen LogP) is 1.55. The molecule has 0 aromatic rings. The summed E-state index contributed by atoms with van der Waals surface area (Å²) in [6.07, 6.45) is 2.30. The van der Waals surface area contributed by atoms with Crippen LogP contribution in [-0.4, -0.2) is 35.3 Å². The zero-order valence-electron chi connectivity index (χ0n) is 11.4. The molecule has 98 valence electrons. The number of nitrogens with one attached hydrogen (secondary N) is 1. The fourth-order valence-electron chi connectivity index (χ4n) is 2.46. The van der Waals surface area contributed by atoms with E-state index in [-0.39, 0.29) is 18.4 Å². The molecule has 2 amide bonds. The number of rotatable bonds is 5. The Labute approximate surface area is 104 Å². The first-order valence-corrected chi connectivity index (χ1v) is 6.56. The van der Waals surface area contributed by atoms with Crippen molar-refractivity contribution in [3.05, 3.63) is 0 Å². The minimum atomic E-state index is -0.621. The van der Waals surface area contributed by atoms with Crippen molar-refractivity contribution in [2.75, 3.05) is 13.1 Å². The lowest BCUT2D eigenvalue weighted by Gasteiger charge is -2.45. The Kier molecular flexibility index (Phi) is 4.54. The topological polar surface area (TPSA) is 49.4 Å². The van der Waals surface area contributed by atoms with E-state index < -0.39 is 5.54 Å². The minimum Gasteiger partial charge on any atom is -0.345 e. The second kappa shape index (κ2) is 5.52. The number of hydrogen-bond donors (Lipinski definition) is 1. The molecule has 0 bridgehead atoms. The number of nitrogens with zero attached hydrogens (tertiary/aromatic N) is 1. The molecule has 0 aromatic heterocycles. The molecule has 0 atom stereocenters. The summed E-state index contributed by atoms with van der Waals surface area (Å²) in [5.74, 6) is 0.596. The molecule has 0 unspecified atom stereocenters. The van der Waals surface area contributed by atoms with Crippen LogP contribution in [0.2, 0.25) is 0 Å². The van der Waals surface area contributed by atoms with Gasteiger partial charge in [0.15, 0.2) is 0 Å². The fourth-order valence-corrected chi connectivity index (χ4v) is 2.46. The number of piperazine rings is 1. The maximum absolute atomic E-state index is 12.1. The van der Waals surface area contributed by atoms with Crippen molar-refractivity contribution in [2.24, 2.45) is 5.92 Å². The summed E-state index contributed by atoms with van der Waals surface area (Å²) in [5, 5.41) is 2.71. The van der Waals surface area contributed by atoms with E-state index >= 15 is 0 Å². The van der Waals surface area contributed by atoms with Crippen LogP contribution in [0.5, 0.6) is 0 Å². The highest BCUT2D eigenvalue weighted by Gasteiger charge is 2.46. The molecule has 0 saturated carbocycles. The lowest BCUT2D eigenvalue weighted by Crippen LogP contribution is -2.66. The highest BCUT2D eigenvalue weighted by Crippen LogP contribution is 2.27. The van der Waals surface area contributed by atoms with Crippen LogP contribution in [-0.2, 0) is 9.59 Å². The highest BCUT2D eigenvalue weighted by atomic mass is 16.2. The van der Waals surface area contributed by atoms with Crippen LogP contribution in [0.25, 0.3) is 0 Å². The van der Waals surface area contributed by atoms with Crippen LogP contribution < -0.4 is 5.32 Å². The molecule has 1 rings (SSSR count). The summed E-state index contributed by atoms with van der Waals surface area (Å²) in [4.78, 5) is 25.9. The third kappa shape index (κ3) is 2.61. The lowest BCUT2D eigenvalue weighted by molar-refractivity contribution is -0.154. The van der Waals surface area contributed by atoms with Gasteiger partial charge in [0.1, 0.15) is 5.54 Å². The van der Waals surface area contributed by atoms with Crippen molar-refractivity contribution in [1.82, 2.24) is 10.2 Å². The molecular formula is C13H24N2O2. The standard InChI is InChI=1S/C13H24N2O2/c1-5-13(6-2)12(17)14-9-11(16)15(13)8-7-10(3)4/h10H,5-9H2,1-4H3,(H,14,17). The van der Waals surface area contributed by atoms with Crippen LogP contribution in [0, 0.1) is 5.92 Å². The van der Waals surface area contributed by atoms with Gasteiger partial charge in [-0.2, -0.15) is 0 Å². The molecule has 17 heavy (non-hydrogen) atoms. The highest BCUT2D eigenvalue weighted by molar-refractivity contribution is 5.97. The Bertz CT molecular complexity index is 296. The van der Waals surface area contributed by atoms with Crippen LogP contribution in [0.4, 0.5) is 0 Å². The van der Waals surface area contributed by atoms with Gasteiger partial charge in [0.25, 0.3) is 0 Å². The Hall–Kier alpha value is -1.06. The van der Waals surface area contributed by atoms with E-state index in [0.717, 1.165) is 6.42 Å². The van der Waals surface area contributed by atoms with Crippen LogP contribution >= 0.6 is 0 Å². The molecule has 1 aliphatic heterocycles. The van der Waals surface area contributed by atoms with Crippen molar-refractivity contribution in [1.29, 1.82) is 0 Å². The van der Waals surface area contributed by atoms with Gasteiger partial charge in [-0.3, -0.25) is 9.59 Å². The van der Waals surface area contributed by atoms with E-state index in [9.17, 15) is 9.59 Å². The predicted molar refractivity (Wildman–Crippen MR) is 67.5 cm³/mol. The number of amides is 2. The first-order chi connectivity index (χ1) is 7.97. The van der Waals surface area contributed by atoms with E-state index in [4.69, 9.17) is 0 Å². The molecular weight excluding hydrogens is 216 g/mol. The minimum absolute atomic E-state index is 0.00542. The second-order valence-corrected chi connectivity index (χ2v) is 5.15. The average molecular weight is 240 g/mol. The van der Waals surface area contributed by atoms with Crippen LogP contribution in [0.1, 0.15) is 47.0 Å². The first-order valence-electron chi connectivity index (χ1n) is 6.56. The first kappa shape index (κ1) is 14.0. The van der Waals surface area contributed by atoms with Gasteiger partial charge in [-0.15, -0.1) is 0 Å². The zero-order valence-corrected chi connectivity index (χ0v) is 11.4. The molecule has 0 aliphatic carbocycles. The summed E-state index contributed by atoms with van der Waals surface area (Å²) in [6.45, 7) is 9.06. The summed E-state index contributed by atoms with van der Waals surface area (Å²) < 4.78 is 0. The van der Waals surface area contributed by atoms with E-state index in [1.165, 1.54) is 0 Å². The Balaban J connectivity index is 2.91. The normalized spacial score (nSPS) is 19.7. The molecule has 4 nitrogen and oxygen atoms in total. The smallest absolute Gasteiger partial charge is 0.246 e. The van der Waals surface area contributed by atoms with Gasteiger partial charge in [0.2, 0.25) is 11.8 Å². The SMILES string of the molecule is CCC1(CC)C(=O)NCC(=O)N1CCC(C)C. The van der Waals surface area contributed by atoms with E-state index in [0.29, 0.717) is 25.3 Å². The molecule has 4 heteroatoms. The third-order valence-electron chi connectivity index (χ3n) is 3.74. The lowest BCUT2D eigenvalue weighted by atomic mass is 9.87. The van der Waals surface area contributed by atoms with Crippen molar-refractivity contribution >= 4 is 11.8 Å². The fraction of sp³-hybridized carbons (Fsp3) is 0.846. The molecule has 0 aromatic carbocycles. The summed E-state index contributed by atoms with van der Waals surface area (Å²) in [5.41, 5.74) is -0.621. The Morgan fingerprint density at radius 2 is 1.88 bits per heavy atom. The van der Waals surface area contributed by atoms with Gasteiger partial charge < -0.3 is 10.2 Å². The maximum atomic E-state index is 12.1. The summed E-state index contributed by atoms with van der Waals surface area (Å²) >= 11 is 0. The number of carbonyl (C=O) groups excluding carboxylic acids is 2. The molecule has 0 radical (unpaired) electrons. The van der Waals surface area contributed by atoms with E-state index in [1.807, 2.05) is 13.8 Å². The second-order valence-electron chi connectivity index (χ2n) is 5.15. The summed E-state index contributed by atoms with van der Waals surface area (Å²) in [7, 11) is 0. The van der Waals surface area contributed by atoms with E-state index in [1.54, 1.807) is 4.90 Å². The van der Waals surface area contributed by atoms with Crippen molar-refractivity contribution in [3.63, 3.8) is 0 Å². The van der Waals surface area contributed by atoms with Crippen molar-refractivity contribution in [3.8, 4) is 0 Å². The quantitative estimate of drug-likeness (QED) is 0.792. The average Bonchev–Trinajstić information content (AvgIpc) is 2.30. The summed E-state index contributed by atoms with van der Waals surface area (Å²) in [6, 6.07) is 0. The Morgan fingerprint density at radius 1 is 1.29 bits per heavy atom. The largest absolute Gasteiger partial charge is 0.345 e. The molecule has 1 fully saturated rings. The molecule has 1 saturated heterocycles. The van der Waals surface area contributed by atoms with E-state index in [2.05, 4.69) is 19.2 Å². The van der Waals surface area contributed by atoms with Crippen LogP contribution in [0.3, 0.4) is 0 Å². The maximum Gasteiger partial charge on any atom is 0.246 e. The number of carbonyl (C=O) groups is 2. The van der Waals surface area contributed by atoms with Gasteiger partial charge in [-0.05, 0) is 25.2 Å². The van der Waals surface area contributed by atoms with Crippen molar-refractivity contribution < 1.29 is 9.59 Å². The van der Waals surface area contributed by atoms with Gasteiger partial charge in [0, 0.05) is 6.54 Å². The van der Waals surface area contributed by atoms with Gasteiger partial charge in [0.05, 0.1) is 6.54 Å². The number of hydrogen-bond acceptors (Lipinski definition) is 2. The third-order valence-corrected chi connectivity index (χ3v) is 3.74. The van der Waals surface area contributed by atoms with Gasteiger partial charge in [-0.1, -0.05) is 27.7 Å². The van der Waals surface area contributed by atoms with Gasteiger partial charge in [-0.25, -0.2) is 0 Å². The van der Waals surface area contributed by atoms with Crippen molar-refractivity contribution in [2.45, 2.75) is 52.5 Å². The molecule has 1 aliphatic rings. The molecule has 1 N–H and O–H groups in total. The molecule has 1 heterocycles. The van der Waals surface area contributed by atoms with Crippen LogP contribution in [0.15, 0.2) is 0 Å².